The smallest absolute Gasteiger partial charge is 0.215 e. The largest absolute Gasteiger partial charge is 0.270 e. The maximum absolute atomic E-state index is 13.6. The summed E-state index contributed by atoms with van der Waals surface area (Å²) >= 11 is 3.05. The lowest BCUT2D eigenvalue weighted by molar-refractivity contribution is 0.541. The van der Waals surface area contributed by atoms with Gasteiger partial charge in [-0.15, -0.1) is 0 Å². The fraction of sp³-hybridized carbons (Fsp3) is 0.167. The first-order valence-corrected chi connectivity index (χ1v) is 7.42. The first-order chi connectivity index (χ1) is 8.32. The highest BCUT2D eigenvalue weighted by molar-refractivity contribution is 9.10. The summed E-state index contributed by atoms with van der Waals surface area (Å²) in [5.74, 6) is -0.818. The number of hydrogen-bond donors (Lipinski definition) is 0. The van der Waals surface area contributed by atoms with Gasteiger partial charge in [0, 0.05) is 16.7 Å². The van der Waals surface area contributed by atoms with Gasteiger partial charge in [-0.05, 0) is 41.4 Å². The topological polar surface area (TPSA) is 39.1 Å². The predicted molar refractivity (Wildman–Crippen MR) is 70.6 cm³/mol. The van der Waals surface area contributed by atoms with Crippen LogP contribution in [0.3, 0.4) is 0 Å². The van der Waals surface area contributed by atoms with Crippen LogP contribution < -0.4 is 0 Å². The lowest BCUT2D eigenvalue weighted by Crippen LogP contribution is -2.15. The van der Waals surface area contributed by atoms with Crippen molar-refractivity contribution in [2.24, 2.45) is 0 Å². The number of aryl methyl sites for hydroxylation is 2. The van der Waals surface area contributed by atoms with Crippen LogP contribution in [0.25, 0.3) is 0 Å². The average molecular weight is 332 g/mol. The van der Waals surface area contributed by atoms with E-state index >= 15 is 0 Å². The van der Waals surface area contributed by atoms with Crippen molar-refractivity contribution in [3.8, 4) is 0 Å². The Hall–Kier alpha value is -1.14. The van der Waals surface area contributed by atoms with E-state index in [0.29, 0.717) is 14.0 Å². The molecule has 3 nitrogen and oxygen atoms in total. The zero-order chi connectivity index (χ0) is 13.5. The highest BCUT2D eigenvalue weighted by Gasteiger charge is 2.22. The van der Waals surface area contributed by atoms with Gasteiger partial charge in [-0.3, -0.25) is 0 Å². The molecule has 2 rings (SSSR count). The number of halogens is 2. The van der Waals surface area contributed by atoms with Gasteiger partial charge in [-0.2, -0.15) is 4.39 Å². The molecule has 0 aliphatic carbocycles. The summed E-state index contributed by atoms with van der Waals surface area (Å²) in [4.78, 5) is 0.107. The predicted octanol–water partition coefficient (Wildman–Crippen LogP) is 3.24. The van der Waals surface area contributed by atoms with Crippen molar-refractivity contribution in [2.75, 3.05) is 0 Å². The van der Waals surface area contributed by atoms with E-state index in [1.165, 1.54) is 12.3 Å². The molecule has 6 heteroatoms. The summed E-state index contributed by atoms with van der Waals surface area (Å²) in [7, 11) is -3.88. The van der Waals surface area contributed by atoms with Gasteiger partial charge in [0.05, 0.1) is 4.90 Å². The molecule has 0 N–H and O–H groups in total. The van der Waals surface area contributed by atoms with Gasteiger partial charge in [-0.1, -0.05) is 17.7 Å². The minimum Gasteiger partial charge on any atom is -0.215 e. The first-order valence-electron chi connectivity index (χ1n) is 5.18. The molecule has 0 bridgehead atoms. The van der Waals surface area contributed by atoms with E-state index in [9.17, 15) is 12.8 Å². The number of aromatic nitrogens is 1. The second-order valence-electron chi connectivity index (χ2n) is 4.05. The molecule has 0 aliphatic rings. The van der Waals surface area contributed by atoms with Gasteiger partial charge < -0.3 is 0 Å². The molecule has 0 atom stereocenters. The molecule has 0 spiro atoms. The number of nitrogens with zero attached hydrogens (tertiary/aromatic N) is 1. The molecular weight excluding hydrogens is 321 g/mol. The van der Waals surface area contributed by atoms with Crippen LogP contribution in [-0.4, -0.2) is 12.4 Å². The minimum absolute atomic E-state index is 0.107. The Morgan fingerprint density at radius 3 is 2.39 bits per heavy atom. The molecule has 1 aromatic heterocycles. The molecule has 0 radical (unpaired) electrons. The van der Waals surface area contributed by atoms with E-state index in [1.54, 1.807) is 19.1 Å². The van der Waals surface area contributed by atoms with Crippen molar-refractivity contribution in [1.29, 1.82) is 0 Å². The normalized spacial score (nSPS) is 11.8. The molecule has 0 aliphatic heterocycles. The maximum atomic E-state index is 13.6. The Morgan fingerprint density at radius 2 is 1.89 bits per heavy atom. The molecule has 96 valence electrons. The molecule has 0 fully saturated rings. The summed E-state index contributed by atoms with van der Waals surface area (Å²) in [5.41, 5.74) is 1.56. The Bertz CT molecular complexity index is 707. The quantitative estimate of drug-likeness (QED) is 0.847. The average Bonchev–Trinajstić information content (AvgIpc) is 2.57. The summed E-state index contributed by atoms with van der Waals surface area (Å²) in [5, 5.41) is 0. The fourth-order valence-corrected chi connectivity index (χ4v) is 3.75. The lowest BCUT2D eigenvalue weighted by Gasteiger charge is -2.09. The maximum Gasteiger partial charge on any atom is 0.270 e. The SMILES string of the molecule is Cc1ccc(S(=O)(=O)n2cc(Br)cc2F)c(C)c1. The third-order valence-electron chi connectivity index (χ3n) is 2.58. The molecule has 1 heterocycles. The van der Waals surface area contributed by atoms with Gasteiger partial charge in [0.2, 0.25) is 5.95 Å². The van der Waals surface area contributed by atoms with Crippen LogP contribution in [-0.2, 0) is 10.0 Å². The third kappa shape index (κ3) is 2.22. The lowest BCUT2D eigenvalue weighted by atomic mass is 10.2. The van der Waals surface area contributed by atoms with E-state index < -0.39 is 16.0 Å². The van der Waals surface area contributed by atoms with E-state index in [1.807, 2.05) is 6.92 Å². The summed E-state index contributed by atoms with van der Waals surface area (Å²) in [6, 6.07) is 6.05. The van der Waals surface area contributed by atoms with Gasteiger partial charge in [0.1, 0.15) is 0 Å². The molecule has 0 saturated heterocycles. The molecule has 2 aromatic rings. The summed E-state index contributed by atoms with van der Waals surface area (Å²) in [6.45, 7) is 3.56. The monoisotopic (exact) mass is 331 g/mol. The zero-order valence-corrected chi connectivity index (χ0v) is 12.2. The van der Waals surface area contributed by atoms with Crippen molar-refractivity contribution < 1.29 is 12.8 Å². The molecule has 1 aromatic carbocycles. The minimum atomic E-state index is -3.88. The zero-order valence-electron chi connectivity index (χ0n) is 9.81. The van der Waals surface area contributed by atoms with Crippen LogP contribution in [0.5, 0.6) is 0 Å². The fourth-order valence-electron chi connectivity index (χ4n) is 1.77. The van der Waals surface area contributed by atoms with Crippen LogP contribution >= 0.6 is 15.9 Å². The van der Waals surface area contributed by atoms with E-state index in [-0.39, 0.29) is 4.90 Å². The van der Waals surface area contributed by atoms with E-state index in [0.717, 1.165) is 11.6 Å². The molecule has 0 amide bonds. The van der Waals surface area contributed by atoms with Crippen molar-refractivity contribution in [1.82, 2.24) is 3.97 Å². The standard InChI is InChI=1S/C12H11BrFNO2S/c1-8-3-4-11(9(2)5-8)18(16,17)15-7-10(13)6-12(15)14/h3-7H,1-2H3. The van der Waals surface area contributed by atoms with E-state index in [4.69, 9.17) is 0 Å². The molecule has 0 saturated carbocycles. The third-order valence-corrected chi connectivity index (χ3v) is 4.82. The van der Waals surface area contributed by atoms with Crippen LogP contribution in [0.1, 0.15) is 11.1 Å². The first kappa shape index (κ1) is 13.3. The highest BCUT2D eigenvalue weighted by atomic mass is 79.9. The molecule has 0 unspecified atom stereocenters. The Labute approximate surface area is 113 Å². The van der Waals surface area contributed by atoms with Crippen molar-refractivity contribution in [3.05, 3.63) is 52.0 Å². The highest BCUT2D eigenvalue weighted by Crippen LogP contribution is 2.23. The van der Waals surface area contributed by atoms with E-state index in [2.05, 4.69) is 15.9 Å². The van der Waals surface area contributed by atoms with Crippen molar-refractivity contribution in [3.63, 3.8) is 0 Å². The van der Waals surface area contributed by atoms with Crippen LogP contribution in [0.15, 0.2) is 39.8 Å². The summed E-state index contributed by atoms with van der Waals surface area (Å²) in [6.07, 6.45) is 1.20. The number of rotatable bonds is 2. The molecular formula is C12H11BrFNO2S. The van der Waals surface area contributed by atoms with Crippen LogP contribution in [0, 0.1) is 19.8 Å². The van der Waals surface area contributed by atoms with Crippen molar-refractivity contribution in [2.45, 2.75) is 18.7 Å². The van der Waals surface area contributed by atoms with Gasteiger partial charge in [0.25, 0.3) is 10.0 Å². The van der Waals surface area contributed by atoms with Gasteiger partial charge >= 0.3 is 0 Å². The Morgan fingerprint density at radius 1 is 1.22 bits per heavy atom. The molecule has 18 heavy (non-hydrogen) atoms. The van der Waals surface area contributed by atoms with Crippen LogP contribution in [0.2, 0.25) is 0 Å². The van der Waals surface area contributed by atoms with Gasteiger partial charge in [0.15, 0.2) is 0 Å². The summed E-state index contributed by atoms with van der Waals surface area (Å²) < 4.78 is 39.2. The number of hydrogen-bond acceptors (Lipinski definition) is 2. The van der Waals surface area contributed by atoms with Crippen molar-refractivity contribution >= 4 is 26.0 Å². The van der Waals surface area contributed by atoms with Gasteiger partial charge in [-0.25, -0.2) is 12.4 Å². The Kier molecular flexibility index (Phi) is 3.33. The second-order valence-corrected chi connectivity index (χ2v) is 6.75. The second kappa shape index (κ2) is 4.51. The van der Waals surface area contributed by atoms with Crippen LogP contribution in [0.4, 0.5) is 4.39 Å². The Balaban J connectivity index is 2.65. The number of benzene rings is 1.